The van der Waals surface area contributed by atoms with Crippen LogP contribution in [0.25, 0.3) is 0 Å². The molecule has 23 heavy (non-hydrogen) atoms. The summed E-state index contributed by atoms with van der Waals surface area (Å²) in [5.41, 5.74) is 1.58. The van der Waals surface area contributed by atoms with Crippen LogP contribution in [0.1, 0.15) is 41.5 Å². The predicted molar refractivity (Wildman–Crippen MR) is 90.3 cm³/mol. The number of hydrogen-bond acceptors (Lipinski definition) is 3. The second-order valence-corrected chi connectivity index (χ2v) is 5.98. The van der Waals surface area contributed by atoms with Gasteiger partial charge in [0, 0.05) is 22.3 Å². The van der Waals surface area contributed by atoms with Crippen LogP contribution in [0.2, 0.25) is 0 Å². The van der Waals surface area contributed by atoms with Crippen LogP contribution >= 0.6 is 15.9 Å². The molecule has 1 N–H and O–H groups in total. The van der Waals surface area contributed by atoms with Crippen molar-refractivity contribution in [1.82, 2.24) is 4.57 Å². The smallest absolute Gasteiger partial charge is 0.312 e. The van der Waals surface area contributed by atoms with E-state index in [0.717, 1.165) is 0 Å². The summed E-state index contributed by atoms with van der Waals surface area (Å²) in [6.45, 7) is 4.00. The lowest BCUT2D eigenvalue weighted by Crippen LogP contribution is -2.16. The van der Waals surface area contributed by atoms with Crippen LogP contribution < -0.4 is 4.74 Å². The summed E-state index contributed by atoms with van der Waals surface area (Å²) in [6, 6.07) is 8.54. The van der Waals surface area contributed by atoms with Crippen molar-refractivity contribution in [3.8, 4) is 5.75 Å². The molecule has 0 aliphatic carbocycles. The lowest BCUT2D eigenvalue weighted by atomic mass is 10.1. The third-order valence-electron chi connectivity index (χ3n) is 3.78. The second-order valence-electron chi connectivity index (χ2n) is 5.13. The number of ether oxygens (including phenoxy) is 1. The quantitative estimate of drug-likeness (QED) is 0.776. The van der Waals surface area contributed by atoms with Gasteiger partial charge >= 0.3 is 5.97 Å². The van der Waals surface area contributed by atoms with E-state index in [9.17, 15) is 14.7 Å². The monoisotopic (exact) mass is 379 g/mol. The maximum absolute atomic E-state index is 12.8. The minimum atomic E-state index is -0.923. The van der Waals surface area contributed by atoms with Gasteiger partial charge in [-0.1, -0.05) is 0 Å². The summed E-state index contributed by atoms with van der Waals surface area (Å²) in [4.78, 5) is 24.1. The number of carbonyl (C=O) groups excluding carboxylic acids is 1. The van der Waals surface area contributed by atoms with Crippen molar-refractivity contribution in [2.24, 2.45) is 0 Å². The van der Waals surface area contributed by atoms with Gasteiger partial charge in [-0.25, -0.2) is 0 Å². The number of benzene rings is 1. The molecule has 6 heteroatoms. The highest BCUT2D eigenvalue weighted by Gasteiger charge is 2.25. The van der Waals surface area contributed by atoms with Gasteiger partial charge in [-0.3, -0.25) is 9.59 Å². The number of aliphatic carboxylic acids is 1. The van der Waals surface area contributed by atoms with E-state index in [4.69, 9.17) is 4.74 Å². The summed E-state index contributed by atoms with van der Waals surface area (Å²) >= 11 is 3.39. The number of carbonyl (C=O) groups is 2. The summed E-state index contributed by atoms with van der Waals surface area (Å²) < 4.78 is 7.44. The largest absolute Gasteiger partial charge is 0.497 e. The standard InChI is InChI=1S/C17H18BrNO4/c1-4-19-14(10(2)17(21)22)9-13(18)15(19)16(20)11-5-7-12(23-3)8-6-11/h5-10H,4H2,1-3H3,(H,21,22). The fourth-order valence-corrected chi connectivity index (χ4v) is 3.10. The Bertz CT molecular complexity index is 734. The summed E-state index contributed by atoms with van der Waals surface area (Å²) in [5, 5.41) is 9.24. The first-order valence-electron chi connectivity index (χ1n) is 7.21. The number of methoxy groups -OCH3 is 1. The first kappa shape index (κ1) is 17.3. The highest BCUT2D eigenvalue weighted by atomic mass is 79.9. The van der Waals surface area contributed by atoms with Crippen molar-refractivity contribution < 1.29 is 19.4 Å². The van der Waals surface area contributed by atoms with E-state index in [1.807, 2.05) is 6.92 Å². The SMILES string of the molecule is CCn1c(C(C)C(=O)O)cc(Br)c1C(=O)c1ccc(OC)cc1. The Balaban J connectivity index is 2.49. The Morgan fingerprint density at radius 2 is 1.91 bits per heavy atom. The first-order chi connectivity index (χ1) is 10.9. The summed E-state index contributed by atoms with van der Waals surface area (Å²) in [7, 11) is 1.56. The Morgan fingerprint density at radius 3 is 2.39 bits per heavy atom. The Hall–Kier alpha value is -2.08. The van der Waals surface area contributed by atoms with Crippen molar-refractivity contribution in [2.45, 2.75) is 26.3 Å². The second kappa shape index (κ2) is 7.00. The van der Waals surface area contributed by atoms with Crippen LogP contribution in [0, 0.1) is 0 Å². The topological polar surface area (TPSA) is 68.5 Å². The maximum atomic E-state index is 12.8. The van der Waals surface area contributed by atoms with Gasteiger partial charge in [0.25, 0.3) is 0 Å². The van der Waals surface area contributed by atoms with Crippen molar-refractivity contribution in [3.05, 3.63) is 51.8 Å². The van der Waals surface area contributed by atoms with E-state index in [2.05, 4.69) is 15.9 Å². The average Bonchev–Trinajstić information content (AvgIpc) is 2.89. The van der Waals surface area contributed by atoms with Gasteiger partial charge in [-0.05, 0) is 60.1 Å². The van der Waals surface area contributed by atoms with Gasteiger partial charge in [0.15, 0.2) is 0 Å². The van der Waals surface area contributed by atoms with E-state index >= 15 is 0 Å². The van der Waals surface area contributed by atoms with Crippen molar-refractivity contribution in [3.63, 3.8) is 0 Å². The highest BCUT2D eigenvalue weighted by molar-refractivity contribution is 9.10. The molecule has 0 aliphatic heterocycles. The molecule has 0 amide bonds. The van der Waals surface area contributed by atoms with Crippen LogP contribution in [-0.2, 0) is 11.3 Å². The van der Waals surface area contributed by atoms with Gasteiger partial charge in [-0.2, -0.15) is 0 Å². The number of aromatic nitrogens is 1. The van der Waals surface area contributed by atoms with Crippen molar-refractivity contribution in [2.75, 3.05) is 7.11 Å². The number of halogens is 1. The zero-order valence-corrected chi connectivity index (χ0v) is 14.8. The number of nitrogens with zero attached hydrogens (tertiary/aromatic N) is 1. The maximum Gasteiger partial charge on any atom is 0.312 e. The molecule has 2 aromatic rings. The molecular formula is C17H18BrNO4. The minimum Gasteiger partial charge on any atom is -0.497 e. The molecule has 1 heterocycles. The lowest BCUT2D eigenvalue weighted by Gasteiger charge is -2.13. The zero-order valence-electron chi connectivity index (χ0n) is 13.2. The molecule has 1 atom stereocenters. The first-order valence-corrected chi connectivity index (χ1v) is 8.00. The molecule has 1 aromatic carbocycles. The molecule has 0 saturated carbocycles. The van der Waals surface area contributed by atoms with Crippen LogP contribution in [0.15, 0.2) is 34.8 Å². The summed E-state index contributed by atoms with van der Waals surface area (Å²) in [5.74, 6) is -1.10. The lowest BCUT2D eigenvalue weighted by molar-refractivity contribution is -0.138. The fourth-order valence-electron chi connectivity index (χ4n) is 2.47. The van der Waals surface area contributed by atoms with Gasteiger partial charge in [0.1, 0.15) is 11.4 Å². The van der Waals surface area contributed by atoms with Crippen LogP contribution in [0.5, 0.6) is 5.75 Å². The molecular weight excluding hydrogens is 362 g/mol. The van der Waals surface area contributed by atoms with E-state index in [0.29, 0.717) is 33.7 Å². The molecule has 0 fully saturated rings. The molecule has 1 aromatic heterocycles. The van der Waals surface area contributed by atoms with Crippen LogP contribution in [0.3, 0.4) is 0 Å². The molecule has 0 saturated heterocycles. The number of rotatable bonds is 6. The molecule has 1 unspecified atom stereocenters. The molecule has 0 radical (unpaired) electrons. The van der Waals surface area contributed by atoms with Gasteiger partial charge < -0.3 is 14.4 Å². The Kier molecular flexibility index (Phi) is 5.26. The van der Waals surface area contributed by atoms with E-state index in [-0.39, 0.29) is 5.78 Å². The van der Waals surface area contributed by atoms with Gasteiger partial charge in [-0.15, -0.1) is 0 Å². The Labute approximate surface area is 143 Å². The molecule has 0 aliphatic rings. The predicted octanol–water partition coefficient (Wildman–Crippen LogP) is 3.70. The van der Waals surface area contributed by atoms with Crippen molar-refractivity contribution >= 4 is 27.7 Å². The van der Waals surface area contributed by atoms with Crippen LogP contribution in [0.4, 0.5) is 0 Å². The normalized spacial score (nSPS) is 12.0. The number of hydrogen-bond donors (Lipinski definition) is 1. The third kappa shape index (κ3) is 3.32. The highest BCUT2D eigenvalue weighted by Crippen LogP contribution is 2.29. The molecule has 122 valence electrons. The van der Waals surface area contributed by atoms with Gasteiger partial charge in [0.05, 0.1) is 13.0 Å². The molecule has 0 spiro atoms. The fraction of sp³-hybridized carbons (Fsp3) is 0.294. The number of ketones is 1. The summed E-state index contributed by atoms with van der Waals surface area (Å²) in [6.07, 6.45) is 0. The number of carboxylic acids is 1. The van der Waals surface area contributed by atoms with Crippen LogP contribution in [-0.4, -0.2) is 28.5 Å². The molecule has 5 nitrogen and oxygen atoms in total. The van der Waals surface area contributed by atoms with E-state index < -0.39 is 11.9 Å². The van der Waals surface area contributed by atoms with E-state index in [1.165, 1.54) is 0 Å². The van der Waals surface area contributed by atoms with E-state index in [1.54, 1.807) is 48.9 Å². The third-order valence-corrected chi connectivity index (χ3v) is 4.38. The molecule has 0 bridgehead atoms. The molecule has 2 rings (SSSR count). The van der Waals surface area contributed by atoms with Gasteiger partial charge in [0.2, 0.25) is 5.78 Å². The number of carboxylic acid groups (broad SMARTS) is 1. The average molecular weight is 380 g/mol. The zero-order chi connectivity index (χ0) is 17.1. The van der Waals surface area contributed by atoms with Crippen molar-refractivity contribution in [1.29, 1.82) is 0 Å². The Morgan fingerprint density at radius 1 is 1.30 bits per heavy atom. The minimum absolute atomic E-state index is 0.162.